The van der Waals surface area contributed by atoms with E-state index in [2.05, 4.69) is 0 Å². The molecule has 0 bridgehead atoms. The number of nitrogens with zero attached hydrogens (tertiary/aromatic N) is 4. The minimum absolute atomic E-state index is 0.0334. The van der Waals surface area contributed by atoms with Crippen molar-refractivity contribution in [3.63, 3.8) is 0 Å². The van der Waals surface area contributed by atoms with Crippen molar-refractivity contribution in [2.45, 2.75) is 32.9 Å². The lowest BCUT2D eigenvalue weighted by atomic mass is 10.0. The summed E-state index contributed by atoms with van der Waals surface area (Å²) >= 11 is 12.6. The lowest BCUT2D eigenvalue weighted by Crippen LogP contribution is -2.31. The molecule has 0 spiro atoms. The number of hydrogen-bond acceptors (Lipinski definition) is 4. The second kappa shape index (κ2) is 10.1. The van der Waals surface area contributed by atoms with Crippen molar-refractivity contribution < 1.29 is 14.7 Å². The summed E-state index contributed by atoms with van der Waals surface area (Å²) in [7, 11) is 3.33. The zero-order valence-corrected chi connectivity index (χ0v) is 23.7. The molecule has 1 unspecified atom stereocenters. The SMILES string of the molecule is Cc1ccc(Cl)cc1N1C(=O)c2nc(-c3cc(C(=O)N(C)C)ccc3O)n(C(C)C)c2C1c1ccc(Cl)cc1. The number of carbonyl (C=O) groups is 2. The Morgan fingerprint density at radius 1 is 1.00 bits per heavy atom. The predicted molar refractivity (Wildman–Crippen MR) is 154 cm³/mol. The number of benzene rings is 3. The number of phenols is 1. The van der Waals surface area contributed by atoms with Gasteiger partial charge in [-0.3, -0.25) is 14.5 Å². The monoisotopic (exact) mass is 562 g/mol. The van der Waals surface area contributed by atoms with Crippen LogP contribution in [0.1, 0.15) is 63.6 Å². The molecule has 5 rings (SSSR count). The van der Waals surface area contributed by atoms with E-state index in [1.165, 1.54) is 11.0 Å². The average molecular weight is 563 g/mol. The van der Waals surface area contributed by atoms with E-state index in [1.54, 1.807) is 55.4 Å². The van der Waals surface area contributed by atoms with Gasteiger partial charge in [-0.15, -0.1) is 0 Å². The Kier molecular flexibility index (Phi) is 6.91. The van der Waals surface area contributed by atoms with Gasteiger partial charge in [-0.05, 0) is 74.4 Å². The van der Waals surface area contributed by atoms with Crippen molar-refractivity contribution in [1.82, 2.24) is 14.5 Å². The summed E-state index contributed by atoms with van der Waals surface area (Å²) < 4.78 is 1.96. The van der Waals surface area contributed by atoms with Gasteiger partial charge in [-0.25, -0.2) is 4.98 Å². The summed E-state index contributed by atoms with van der Waals surface area (Å²) in [6.45, 7) is 5.92. The van der Waals surface area contributed by atoms with Crippen LogP contribution in [0.2, 0.25) is 10.0 Å². The minimum atomic E-state index is -0.528. The van der Waals surface area contributed by atoms with E-state index in [0.29, 0.717) is 38.4 Å². The summed E-state index contributed by atoms with van der Waals surface area (Å²) in [5.41, 5.74) is 4.17. The van der Waals surface area contributed by atoms with Crippen molar-refractivity contribution >= 4 is 40.7 Å². The van der Waals surface area contributed by atoms with Gasteiger partial charge in [0.2, 0.25) is 0 Å². The molecule has 7 nitrogen and oxygen atoms in total. The molecule has 2 amide bonds. The number of aryl methyl sites for hydroxylation is 1. The number of rotatable bonds is 5. The number of anilines is 1. The van der Waals surface area contributed by atoms with E-state index < -0.39 is 6.04 Å². The Morgan fingerprint density at radius 2 is 1.67 bits per heavy atom. The Balaban J connectivity index is 1.78. The Bertz CT molecular complexity index is 1610. The van der Waals surface area contributed by atoms with Crippen molar-refractivity contribution in [3.8, 4) is 17.1 Å². The predicted octanol–water partition coefficient (Wildman–Crippen LogP) is 6.90. The van der Waals surface area contributed by atoms with Gasteiger partial charge in [-0.1, -0.05) is 41.4 Å². The molecule has 1 aliphatic rings. The number of carbonyl (C=O) groups excluding carboxylic acids is 2. The van der Waals surface area contributed by atoms with Gasteiger partial charge in [0.15, 0.2) is 5.69 Å². The number of amides is 2. The molecule has 0 saturated heterocycles. The first-order valence-corrected chi connectivity index (χ1v) is 13.3. The molecule has 0 aliphatic carbocycles. The van der Waals surface area contributed by atoms with Gasteiger partial charge in [0, 0.05) is 41.4 Å². The number of fused-ring (bicyclic) bond motifs is 1. The van der Waals surface area contributed by atoms with Crippen LogP contribution in [0.25, 0.3) is 11.4 Å². The molecule has 2 heterocycles. The first-order valence-electron chi connectivity index (χ1n) is 12.5. The molecule has 0 fully saturated rings. The van der Waals surface area contributed by atoms with E-state index in [4.69, 9.17) is 28.2 Å². The molecule has 39 heavy (non-hydrogen) atoms. The van der Waals surface area contributed by atoms with Crippen molar-refractivity contribution in [2.24, 2.45) is 0 Å². The number of phenolic OH excluding ortho intramolecular Hbond substituents is 1. The van der Waals surface area contributed by atoms with Gasteiger partial charge in [0.1, 0.15) is 17.6 Å². The number of aromatic nitrogens is 2. The largest absolute Gasteiger partial charge is 0.507 e. The van der Waals surface area contributed by atoms with Gasteiger partial charge < -0.3 is 14.6 Å². The van der Waals surface area contributed by atoms with Crippen LogP contribution in [-0.4, -0.2) is 45.5 Å². The quantitative estimate of drug-likeness (QED) is 0.287. The summed E-state index contributed by atoms with van der Waals surface area (Å²) in [6.07, 6.45) is 0. The second-order valence-corrected chi connectivity index (χ2v) is 11.0. The van der Waals surface area contributed by atoms with Gasteiger partial charge in [0.25, 0.3) is 11.8 Å². The van der Waals surface area contributed by atoms with Gasteiger partial charge in [-0.2, -0.15) is 0 Å². The zero-order chi connectivity index (χ0) is 28.2. The molecule has 1 aliphatic heterocycles. The standard InChI is InChI=1S/C30H28Cl2N4O3/c1-16(2)35-27-25(33-28(35)22-14-19(9-13-24(22)37)29(38)34(4)5)30(39)36(23-15-21(32)10-6-17(23)3)26(27)18-7-11-20(31)12-8-18/h6-16,26,37H,1-5H3. The Hall–Kier alpha value is -3.81. The van der Waals surface area contributed by atoms with Crippen LogP contribution in [0.4, 0.5) is 5.69 Å². The first-order chi connectivity index (χ1) is 18.5. The van der Waals surface area contributed by atoms with Crippen LogP contribution in [0.3, 0.4) is 0 Å². The molecular weight excluding hydrogens is 535 g/mol. The first kappa shape index (κ1) is 26.8. The molecule has 9 heteroatoms. The molecular formula is C30H28Cl2N4O3. The Morgan fingerprint density at radius 3 is 2.31 bits per heavy atom. The van der Waals surface area contributed by atoms with E-state index >= 15 is 0 Å². The Labute approximate surface area is 237 Å². The van der Waals surface area contributed by atoms with Crippen LogP contribution in [0, 0.1) is 6.92 Å². The minimum Gasteiger partial charge on any atom is -0.507 e. The van der Waals surface area contributed by atoms with Crippen LogP contribution < -0.4 is 4.90 Å². The van der Waals surface area contributed by atoms with Crippen LogP contribution >= 0.6 is 23.2 Å². The third kappa shape index (κ3) is 4.56. The highest BCUT2D eigenvalue weighted by Gasteiger charge is 2.45. The summed E-state index contributed by atoms with van der Waals surface area (Å²) in [5, 5.41) is 12.0. The highest BCUT2D eigenvalue weighted by atomic mass is 35.5. The lowest BCUT2D eigenvalue weighted by Gasteiger charge is -2.29. The normalized spacial score (nSPS) is 14.7. The number of aromatic hydroxyl groups is 1. The second-order valence-electron chi connectivity index (χ2n) is 10.1. The van der Waals surface area contributed by atoms with Gasteiger partial charge >= 0.3 is 0 Å². The summed E-state index contributed by atoms with van der Waals surface area (Å²) in [4.78, 5) is 34.9. The number of halogens is 2. The van der Waals surface area contributed by atoms with E-state index in [0.717, 1.165) is 11.1 Å². The maximum atomic E-state index is 14.1. The van der Waals surface area contributed by atoms with Crippen LogP contribution in [0.5, 0.6) is 5.75 Å². The molecule has 0 saturated carbocycles. The smallest absolute Gasteiger partial charge is 0.279 e. The highest BCUT2D eigenvalue weighted by molar-refractivity contribution is 6.31. The van der Waals surface area contributed by atoms with Crippen molar-refractivity contribution in [3.05, 3.63) is 98.8 Å². The highest BCUT2D eigenvalue weighted by Crippen LogP contribution is 2.46. The molecule has 3 aromatic carbocycles. The average Bonchev–Trinajstić information content (AvgIpc) is 3.41. The fraction of sp³-hybridized carbons (Fsp3) is 0.233. The van der Waals surface area contributed by atoms with E-state index in [1.807, 2.05) is 43.5 Å². The maximum absolute atomic E-state index is 14.1. The third-order valence-corrected chi connectivity index (χ3v) is 7.40. The van der Waals surface area contributed by atoms with Crippen LogP contribution in [-0.2, 0) is 0 Å². The van der Waals surface area contributed by atoms with Crippen molar-refractivity contribution in [2.75, 3.05) is 19.0 Å². The molecule has 1 atom stereocenters. The van der Waals surface area contributed by atoms with Crippen molar-refractivity contribution in [1.29, 1.82) is 0 Å². The molecule has 1 N–H and O–H groups in total. The maximum Gasteiger partial charge on any atom is 0.279 e. The lowest BCUT2D eigenvalue weighted by molar-refractivity contribution is 0.0827. The molecule has 200 valence electrons. The number of hydrogen-bond donors (Lipinski definition) is 1. The molecule has 1 aromatic heterocycles. The van der Waals surface area contributed by atoms with E-state index in [-0.39, 0.29) is 29.3 Å². The summed E-state index contributed by atoms with van der Waals surface area (Å²) in [5.74, 6) is -0.107. The van der Waals surface area contributed by atoms with E-state index in [9.17, 15) is 14.7 Å². The summed E-state index contributed by atoms with van der Waals surface area (Å²) in [6, 6.07) is 16.9. The van der Waals surface area contributed by atoms with Gasteiger partial charge in [0.05, 0.1) is 11.3 Å². The third-order valence-electron chi connectivity index (χ3n) is 6.91. The molecule has 4 aromatic rings. The zero-order valence-electron chi connectivity index (χ0n) is 22.2. The fourth-order valence-corrected chi connectivity index (χ4v) is 5.37. The van der Waals surface area contributed by atoms with Crippen LogP contribution in [0.15, 0.2) is 60.7 Å². The number of imidazole rings is 1. The topological polar surface area (TPSA) is 78.7 Å². The fourth-order valence-electron chi connectivity index (χ4n) is 5.08. The molecule has 0 radical (unpaired) electrons.